The lowest BCUT2D eigenvalue weighted by Crippen LogP contribution is -2.46. The van der Waals surface area contributed by atoms with Gasteiger partial charge in [0, 0.05) is 49.5 Å². The van der Waals surface area contributed by atoms with Crippen molar-refractivity contribution in [3.63, 3.8) is 0 Å². The van der Waals surface area contributed by atoms with E-state index in [4.69, 9.17) is 0 Å². The minimum atomic E-state index is -0.0640. The highest BCUT2D eigenvalue weighted by atomic mass is 79.9. The molecule has 0 aliphatic carbocycles. The van der Waals surface area contributed by atoms with Gasteiger partial charge in [0.1, 0.15) is 5.65 Å². The molecule has 8 heteroatoms. The van der Waals surface area contributed by atoms with E-state index in [1.54, 1.807) is 4.57 Å². The number of halogens is 1. The first-order valence-electron chi connectivity index (χ1n) is 10.9. The number of fused-ring (bicyclic) bond motifs is 1. The van der Waals surface area contributed by atoms with Gasteiger partial charge in [0.2, 0.25) is 5.95 Å². The first-order valence-corrected chi connectivity index (χ1v) is 11.7. The Balaban J connectivity index is 1.58. The molecule has 0 amide bonds. The van der Waals surface area contributed by atoms with Gasteiger partial charge in [-0.3, -0.25) is 9.36 Å². The second-order valence-electron chi connectivity index (χ2n) is 7.91. The largest absolute Gasteiger partial charge is 0.369 e. The fraction of sp³-hybridized carbons (Fsp3) is 0.435. The number of rotatable bonds is 6. The van der Waals surface area contributed by atoms with E-state index in [-0.39, 0.29) is 5.56 Å². The van der Waals surface area contributed by atoms with Crippen LogP contribution in [-0.2, 0) is 6.54 Å². The molecule has 0 saturated carbocycles. The minimum absolute atomic E-state index is 0.0640. The van der Waals surface area contributed by atoms with E-state index in [1.165, 1.54) is 5.69 Å². The summed E-state index contributed by atoms with van der Waals surface area (Å²) in [7, 11) is 0. The topological polar surface area (TPSA) is 66.3 Å². The Morgan fingerprint density at radius 3 is 2.42 bits per heavy atom. The molecule has 1 aliphatic heterocycles. The molecular weight excluding hydrogens is 456 g/mol. The van der Waals surface area contributed by atoms with Crippen molar-refractivity contribution in [2.75, 3.05) is 42.9 Å². The molecule has 2 aromatic heterocycles. The van der Waals surface area contributed by atoms with Crippen LogP contribution in [0.15, 0.2) is 39.6 Å². The Labute approximate surface area is 191 Å². The molecule has 1 aromatic carbocycles. The summed E-state index contributed by atoms with van der Waals surface area (Å²) in [6.45, 7) is 12.3. The van der Waals surface area contributed by atoms with Crippen molar-refractivity contribution < 1.29 is 0 Å². The number of hydrogen-bond acceptors (Lipinski definition) is 6. The molecule has 3 aromatic rings. The van der Waals surface area contributed by atoms with E-state index < -0.39 is 0 Å². The lowest BCUT2D eigenvalue weighted by atomic mass is 10.2. The molecule has 0 bridgehead atoms. The van der Waals surface area contributed by atoms with Gasteiger partial charge in [-0.25, -0.2) is 4.98 Å². The maximum Gasteiger partial charge on any atom is 0.266 e. The molecule has 0 spiro atoms. The molecule has 1 N–H and O–H groups in total. The zero-order valence-electron chi connectivity index (χ0n) is 18.4. The highest BCUT2D eigenvalue weighted by Gasteiger charge is 2.16. The van der Waals surface area contributed by atoms with Gasteiger partial charge >= 0.3 is 0 Å². The molecule has 1 saturated heterocycles. The molecule has 3 heterocycles. The summed E-state index contributed by atoms with van der Waals surface area (Å²) in [4.78, 5) is 26.8. The predicted molar refractivity (Wildman–Crippen MR) is 131 cm³/mol. The van der Waals surface area contributed by atoms with Crippen LogP contribution >= 0.6 is 15.9 Å². The van der Waals surface area contributed by atoms with Crippen LogP contribution in [0.4, 0.5) is 17.3 Å². The van der Waals surface area contributed by atoms with Gasteiger partial charge in [-0.1, -0.05) is 13.8 Å². The van der Waals surface area contributed by atoms with Gasteiger partial charge < -0.3 is 15.1 Å². The second kappa shape index (κ2) is 9.36. The van der Waals surface area contributed by atoms with E-state index >= 15 is 0 Å². The summed E-state index contributed by atoms with van der Waals surface area (Å²) >= 11 is 3.38. The predicted octanol–water partition coefficient (Wildman–Crippen LogP) is 4.16. The van der Waals surface area contributed by atoms with Gasteiger partial charge in [0.05, 0.1) is 10.2 Å². The molecule has 0 radical (unpaired) electrons. The maximum absolute atomic E-state index is 12.6. The van der Waals surface area contributed by atoms with Crippen molar-refractivity contribution in [1.82, 2.24) is 19.4 Å². The number of nitrogens with zero attached hydrogens (tertiary/aromatic N) is 5. The molecule has 1 fully saturated rings. The Bertz CT molecular complexity index is 1120. The molecule has 31 heavy (non-hydrogen) atoms. The zero-order valence-corrected chi connectivity index (χ0v) is 19.9. The third-order valence-electron chi connectivity index (χ3n) is 5.85. The smallest absolute Gasteiger partial charge is 0.266 e. The van der Waals surface area contributed by atoms with E-state index in [9.17, 15) is 4.79 Å². The second-order valence-corrected chi connectivity index (χ2v) is 8.77. The van der Waals surface area contributed by atoms with Crippen LogP contribution in [0.3, 0.4) is 0 Å². The number of benzene rings is 1. The number of likely N-dealkylation sites (N-methyl/N-ethyl adjacent to an activating group) is 1. The Morgan fingerprint density at radius 2 is 1.77 bits per heavy atom. The van der Waals surface area contributed by atoms with Crippen LogP contribution in [0.5, 0.6) is 0 Å². The number of pyridine rings is 1. The summed E-state index contributed by atoms with van der Waals surface area (Å²) < 4.78 is 2.26. The molecule has 0 atom stereocenters. The average molecular weight is 485 g/mol. The minimum Gasteiger partial charge on any atom is -0.369 e. The van der Waals surface area contributed by atoms with Gasteiger partial charge in [-0.15, -0.1) is 0 Å². The van der Waals surface area contributed by atoms with Gasteiger partial charge in [-0.05, 0) is 66.2 Å². The van der Waals surface area contributed by atoms with Crippen LogP contribution < -0.4 is 15.8 Å². The first-order chi connectivity index (χ1) is 15.0. The summed E-state index contributed by atoms with van der Waals surface area (Å²) in [5, 5.41) is 4.19. The lowest BCUT2D eigenvalue weighted by Gasteiger charge is -2.35. The Morgan fingerprint density at radius 1 is 1.06 bits per heavy atom. The van der Waals surface area contributed by atoms with Crippen LogP contribution in [0, 0.1) is 6.92 Å². The standard InChI is InChI=1S/C23H29BrN6O/c1-4-10-30-21-19(15-20(24)22(30)31)16(3)25-23(27-21)26-17-6-8-18(9-7-17)29-13-11-28(5-2)12-14-29/h6-9,15H,4-5,10-14H2,1-3H3,(H,25,26,27). The number of aromatic nitrogens is 3. The van der Waals surface area contributed by atoms with Crippen LogP contribution in [0.1, 0.15) is 26.0 Å². The highest BCUT2D eigenvalue weighted by Crippen LogP contribution is 2.24. The molecule has 7 nitrogen and oxygen atoms in total. The van der Waals surface area contributed by atoms with Gasteiger partial charge in [0.15, 0.2) is 0 Å². The van der Waals surface area contributed by atoms with Gasteiger partial charge in [0.25, 0.3) is 5.56 Å². The first kappa shape index (κ1) is 21.8. The van der Waals surface area contributed by atoms with Crippen molar-refractivity contribution in [2.45, 2.75) is 33.7 Å². The monoisotopic (exact) mass is 484 g/mol. The van der Waals surface area contributed by atoms with Crippen molar-refractivity contribution >= 4 is 44.3 Å². The van der Waals surface area contributed by atoms with Crippen molar-refractivity contribution in [3.8, 4) is 0 Å². The number of hydrogen-bond donors (Lipinski definition) is 1. The average Bonchev–Trinajstić information content (AvgIpc) is 2.78. The summed E-state index contributed by atoms with van der Waals surface area (Å²) in [6, 6.07) is 10.2. The molecule has 1 aliphatic rings. The summed E-state index contributed by atoms with van der Waals surface area (Å²) in [6.07, 6.45) is 0.852. The van der Waals surface area contributed by atoms with Crippen molar-refractivity contribution in [1.29, 1.82) is 0 Å². The van der Waals surface area contributed by atoms with E-state index in [0.717, 1.165) is 55.9 Å². The number of nitrogens with one attached hydrogen (secondary N) is 1. The molecule has 0 unspecified atom stereocenters. The number of piperazine rings is 1. The molecule has 4 rings (SSSR count). The van der Waals surface area contributed by atoms with Crippen LogP contribution in [0.25, 0.3) is 11.0 Å². The zero-order chi connectivity index (χ0) is 22.0. The lowest BCUT2D eigenvalue weighted by molar-refractivity contribution is 0.271. The van der Waals surface area contributed by atoms with Crippen molar-refractivity contribution in [2.24, 2.45) is 0 Å². The number of aryl methyl sites for hydroxylation is 2. The van der Waals surface area contributed by atoms with Crippen LogP contribution in [0.2, 0.25) is 0 Å². The molecular formula is C23H29BrN6O. The van der Waals surface area contributed by atoms with E-state index in [2.05, 4.69) is 79.1 Å². The maximum atomic E-state index is 12.6. The van der Waals surface area contributed by atoms with E-state index in [0.29, 0.717) is 22.6 Å². The number of anilines is 3. The fourth-order valence-electron chi connectivity index (χ4n) is 4.05. The van der Waals surface area contributed by atoms with Gasteiger partial charge in [-0.2, -0.15) is 4.98 Å². The SMILES string of the molecule is CCCn1c(=O)c(Br)cc2c(C)nc(Nc3ccc(N4CCN(CC)CC4)cc3)nc21. The normalized spacial score (nSPS) is 14.9. The Kier molecular flexibility index (Phi) is 6.57. The molecule has 164 valence electrons. The highest BCUT2D eigenvalue weighted by molar-refractivity contribution is 9.10. The third kappa shape index (κ3) is 4.60. The fourth-order valence-corrected chi connectivity index (χ4v) is 4.49. The summed E-state index contributed by atoms with van der Waals surface area (Å²) in [5.41, 5.74) is 3.60. The van der Waals surface area contributed by atoms with Crippen molar-refractivity contribution in [3.05, 3.63) is 50.9 Å². The summed E-state index contributed by atoms with van der Waals surface area (Å²) in [5.74, 6) is 0.501. The Hall–Kier alpha value is -2.45. The van der Waals surface area contributed by atoms with E-state index in [1.807, 2.05) is 13.0 Å². The van der Waals surface area contributed by atoms with Crippen LogP contribution in [-0.4, -0.2) is 52.2 Å². The quantitative estimate of drug-likeness (QED) is 0.566. The third-order valence-corrected chi connectivity index (χ3v) is 6.42.